The molecule has 0 aliphatic carbocycles. The molecule has 1 aromatic heterocycles. The second-order valence-corrected chi connectivity index (χ2v) is 10.2. The summed E-state index contributed by atoms with van der Waals surface area (Å²) < 4.78 is 67.1. The van der Waals surface area contributed by atoms with Gasteiger partial charge in [-0.1, -0.05) is 5.92 Å². The van der Waals surface area contributed by atoms with Crippen molar-refractivity contribution in [3.05, 3.63) is 33.1 Å². The highest BCUT2D eigenvalue weighted by Crippen LogP contribution is 2.52. The number of carbonyl (C=O) groups excluding carboxylic acids is 2. The van der Waals surface area contributed by atoms with Gasteiger partial charge in [0.15, 0.2) is 12.3 Å². The fraction of sp³-hybridized carbons (Fsp3) is 0.619. The molecule has 0 amide bonds. The Hall–Kier alpha value is -3.30. The van der Waals surface area contributed by atoms with Crippen molar-refractivity contribution in [2.45, 2.75) is 63.7 Å². The number of ether oxygens (including phenoxy) is 5. The number of nitrogens with one attached hydrogen (secondary N) is 1. The first kappa shape index (κ1) is 32.9. The number of hydrogen-bond acceptors (Lipinski definition) is 15. The Bertz CT molecular complexity index is 1230. The Morgan fingerprint density at radius 2 is 1.68 bits per heavy atom. The van der Waals surface area contributed by atoms with Gasteiger partial charge in [-0.15, -0.1) is 6.42 Å². The predicted octanol–water partition coefficient (Wildman–Crippen LogP) is 0.652. The number of aromatic amines is 1. The average Bonchev–Trinajstić information content (AvgIpc) is 3.04. The maximum Gasteiger partial charge on any atom is 0.510 e. The molecule has 0 spiro atoms. The minimum Gasteiger partial charge on any atom is -0.432 e. The third-order valence-electron chi connectivity index (χ3n) is 4.70. The van der Waals surface area contributed by atoms with Gasteiger partial charge >= 0.3 is 25.8 Å². The van der Waals surface area contributed by atoms with Crippen LogP contribution in [0.4, 0.5) is 14.0 Å². The standard InChI is InChI=1S/C21H28FN2O15P/c1-6-20(30)15(26)21(22,39-16(20)24-8-7-14(25)23-17(24)27)9-34-40(31,35-10-32-18(28)37-12(2)3)36-11-33-19(29)38-13(4)5/h1,7-8,12-13,15-16,26,30H,9-11H2,2-5H3,(H,23,25,27)/t15-,16+,20+,21?/m0/s1. The molecule has 2 rings (SSSR count). The third-order valence-corrected chi connectivity index (χ3v) is 5.99. The van der Waals surface area contributed by atoms with Crippen LogP contribution in [-0.2, 0) is 41.8 Å². The lowest BCUT2D eigenvalue weighted by atomic mass is 9.94. The first-order valence-corrected chi connectivity index (χ1v) is 12.8. The molecule has 1 fully saturated rings. The number of phosphoric ester groups is 1. The molecule has 1 aromatic rings. The van der Waals surface area contributed by atoms with Gasteiger partial charge in [0.2, 0.25) is 19.2 Å². The van der Waals surface area contributed by atoms with E-state index in [1.807, 2.05) is 4.98 Å². The number of phosphoric acid groups is 1. The van der Waals surface area contributed by atoms with Gasteiger partial charge in [-0.05, 0) is 27.7 Å². The number of carbonyl (C=O) groups is 2. The van der Waals surface area contributed by atoms with E-state index >= 15 is 4.39 Å². The molecule has 0 bridgehead atoms. The van der Waals surface area contributed by atoms with Crippen LogP contribution in [0.25, 0.3) is 0 Å². The largest absolute Gasteiger partial charge is 0.510 e. The summed E-state index contributed by atoms with van der Waals surface area (Å²) in [6.45, 7) is 2.21. The normalized spacial score (nSPS) is 24.5. The van der Waals surface area contributed by atoms with Gasteiger partial charge < -0.3 is 33.9 Å². The van der Waals surface area contributed by atoms with Crippen LogP contribution in [0.2, 0.25) is 0 Å². The van der Waals surface area contributed by atoms with Crippen molar-refractivity contribution in [1.82, 2.24) is 9.55 Å². The van der Waals surface area contributed by atoms with Crippen LogP contribution in [-0.4, -0.2) is 82.0 Å². The number of alkyl halides is 1. The van der Waals surface area contributed by atoms with Crippen LogP contribution in [0.3, 0.4) is 0 Å². The van der Waals surface area contributed by atoms with Crippen LogP contribution in [0.5, 0.6) is 0 Å². The summed E-state index contributed by atoms with van der Waals surface area (Å²) in [5.74, 6) is -1.77. The Morgan fingerprint density at radius 1 is 1.15 bits per heavy atom. The molecule has 1 aliphatic rings. The van der Waals surface area contributed by atoms with Crippen LogP contribution in [0.1, 0.15) is 33.9 Å². The predicted molar refractivity (Wildman–Crippen MR) is 126 cm³/mol. The summed E-state index contributed by atoms with van der Waals surface area (Å²) in [4.78, 5) is 48.4. The van der Waals surface area contributed by atoms with Crippen molar-refractivity contribution in [3.8, 4) is 12.3 Å². The number of aliphatic hydroxyl groups is 2. The molecule has 40 heavy (non-hydrogen) atoms. The lowest BCUT2D eigenvalue weighted by molar-refractivity contribution is -0.206. The van der Waals surface area contributed by atoms with Crippen molar-refractivity contribution >= 4 is 20.1 Å². The van der Waals surface area contributed by atoms with E-state index < -0.39 is 87.6 Å². The molecule has 0 radical (unpaired) electrons. The van der Waals surface area contributed by atoms with Gasteiger partial charge in [0.05, 0.1) is 12.2 Å². The van der Waals surface area contributed by atoms with E-state index in [4.69, 9.17) is 24.7 Å². The van der Waals surface area contributed by atoms with E-state index in [1.54, 1.807) is 5.92 Å². The van der Waals surface area contributed by atoms with E-state index in [-0.39, 0.29) is 0 Å². The Morgan fingerprint density at radius 3 is 2.12 bits per heavy atom. The van der Waals surface area contributed by atoms with Gasteiger partial charge in [-0.2, -0.15) is 0 Å². The molecule has 224 valence electrons. The summed E-state index contributed by atoms with van der Waals surface area (Å²) in [5.41, 5.74) is -4.94. The Kier molecular flexibility index (Phi) is 11.0. The summed E-state index contributed by atoms with van der Waals surface area (Å²) >= 11 is 0. The second-order valence-electron chi connectivity index (χ2n) is 8.48. The topological polar surface area (TPSA) is 220 Å². The maximum atomic E-state index is 15.8. The number of nitrogens with zero attached hydrogens (tertiary/aromatic N) is 1. The number of rotatable bonds is 12. The monoisotopic (exact) mass is 598 g/mol. The Labute approximate surface area is 225 Å². The highest BCUT2D eigenvalue weighted by atomic mass is 31.2. The summed E-state index contributed by atoms with van der Waals surface area (Å²) in [6.07, 6.45) is -2.35. The van der Waals surface area contributed by atoms with Gasteiger partial charge in [0, 0.05) is 12.3 Å². The van der Waals surface area contributed by atoms with Crippen LogP contribution >= 0.6 is 7.82 Å². The molecule has 1 aliphatic heterocycles. The third kappa shape index (κ3) is 8.35. The number of aliphatic hydroxyl groups excluding tert-OH is 1. The number of hydrogen-bond donors (Lipinski definition) is 3. The molecule has 4 atom stereocenters. The minimum absolute atomic E-state index is 0.487. The van der Waals surface area contributed by atoms with Crippen LogP contribution < -0.4 is 11.2 Å². The molecule has 3 N–H and O–H groups in total. The molecule has 1 unspecified atom stereocenters. The molecule has 0 saturated carbocycles. The Balaban J connectivity index is 2.22. The highest BCUT2D eigenvalue weighted by molar-refractivity contribution is 7.48. The van der Waals surface area contributed by atoms with E-state index in [1.165, 1.54) is 27.7 Å². The number of aromatic nitrogens is 2. The molecular formula is C21H28FN2O15P. The molecule has 0 aromatic carbocycles. The first-order valence-electron chi connectivity index (χ1n) is 11.3. The lowest BCUT2D eigenvalue weighted by Gasteiger charge is -2.27. The van der Waals surface area contributed by atoms with Gasteiger partial charge in [0.1, 0.15) is 6.61 Å². The van der Waals surface area contributed by atoms with E-state index in [0.29, 0.717) is 4.57 Å². The summed E-state index contributed by atoms with van der Waals surface area (Å²) in [6, 6.07) is 0.827. The zero-order chi connectivity index (χ0) is 30.3. The van der Waals surface area contributed by atoms with Crippen molar-refractivity contribution in [3.63, 3.8) is 0 Å². The van der Waals surface area contributed by atoms with Gasteiger partial charge in [-0.25, -0.2) is 32.4 Å². The van der Waals surface area contributed by atoms with Crippen LogP contribution in [0.15, 0.2) is 21.9 Å². The van der Waals surface area contributed by atoms with Crippen molar-refractivity contribution in [2.24, 2.45) is 0 Å². The van der Waals surface area contributed by atoms with Gasteiger partial charge in [-0.3, -0.25) is 18.9 Å². The van der Waals surface area contributed by atoms with Crippen molar-refractivity contribution in [2.75, 3.05) is 20.2 Å². The number of H-pyrrole nitrogens is 1. The molecular weight excluding hydrogens is 570 g/mol. The SMILES string of the molecule is C#C[C@@]1(O)[C@H](O)C(F)(COP(=O)(OCOC(=O)OC(C)C)OCOC(=O)OC(C)C)O[C@H]1n1ccc(=O)[nH]c1=O. The zero-order valence-electron chi connectivity index (χ0n) is 21.6. The number of halogens is 1. The van der Waals surface area contributed by atoms with E-state index in [0.717, 1.165) is 12.3 Å². The minimum atomic E-state index is -5.03. The maximum absolute atomic E-state index is 15.8. The smallest absolute Gasteiger partial charge is 0.432 e. The summed E-state index contributed by atoms with van der Waals surface area (Å²) in [5, 5.41) is 21.3. The molecule has 1 saturated heterocycles. The molecule has 19 heteroatoms. The first-order chi connectivity index (χ1) is 18.5. The van der Waals surface area contributed by atoms with Crippen molar-refractivity contribution in [1.29, 1.82) is 0 Å². The zero-order valence-corrected chi connectivity index (χ0v) is 22.5. The fourth-order valence-corrected chi connectivity index (χ4v) is 3.88. The number of terminal acetylenes is 1. The lowest BCUT2D eigenvalue weighted by Crippen LogP contribution is -2.51. The van der Waals surface area contributed by atoms with Crippen LogP contribution in [0, 0.1) is 12.3 Å². The quantitative estimate of drug-likeness (QED) is 0.130. The van der Waals surface area contributed by atoms with E-state index in [9.17, 15) is 34.0 Å². The van der Waals surface area contributed by atoms with E-state index in [2.05, 4.69) is 18.9 Å². The fourth-order valence-electron chi connectivity index (χ4n) is 2.96. The molecule has 2 heterocycles. The van der Waals surface area contributed by atoms with Crippen molar-refractivity contribution < 1.29 is 66.0 Å². The average molecular weight is 598 g/mol. The molecule has 17 nitrogen and oxygen atoms in total. The highest BCUT2D eigenvalue weighted by Gasteiger charge is 2.65. The van der Waals surface area contributed by atoms with Gasteiger partial charge in [0.25, 0.3) is 11.4 Å². The summed E-state index contributed by atoms with van der Waals surface area (Å²) in [7, 11) is -5.03. The second kappa shape index (κ2) is 13.4.